The van der Waals surface area contributed by atoms with Crippen molar-refractivity contribution < 1.29 is 13.9 Å². The molecule has 2 nitrogen and oxygen atoms in total. The Morgan fingerprint density at radius 2 is 1.28 bits per heavy atom. The highest BCUT2D eigenvalue weighted by Gasteiger charge is 1.88. The molecule has 0 amide bonds. The standard InChI is InChI=1S/C6H14O.C5H12O.C4H9F/c1-4-7-5-6(2)3;1-4-6-5(2)3;1-4(2)3-5/h6H,4-5H2,1-3H3;5H,4H2,1-3H3;4H,3H2,1-2H3/i;;5-1. The fourth-order valence-electron chi connectivity index (χ4n) is 0.687. The monoisotopic (exact) mass is 265 g/mol. The predicted molar refractivity (Wildman–Crippen MR) is 78.9 cm³/mol. The van der Waals surface area contributed by atoms with Crippen LogP contribution >= 0.6 is 0 Å². The Bertz CT molecular complexity index is 126. The van der Waals surface area contributed by atoms with Gasteiger partial charge in [-0.25, -0.2) is 0 Å². The molecule has 0 bridgehead atoms. The lowest BCUT2D eigenvalue weighted by Crippen LogP contribution is -2.00. The predicted octanol–water partition coefficient (Wildman–Crippen LogP) is 4.72. The van der Waals surface area contributed by atoms with Crippen molar-refractivity contribution in [2.24, 2.45) is 11.8 Å². The zero-order chi connectivity index (χ0) is 15.0. The molecule has 0 rings (SSSR count). The second kappa shape index (κ2) is 19.2. The Kier molecular flexibility index (Phi) is 24.5. The van der Waals surface area contributed by atoms with Crippen LogP contribution < -0.4 is 0 Å². The molecule has 0 fully saturated rings. The van der Waals surface area contributed by atoms with Gasteiger partial charge in [0.15, 0.2) is 0 Å². The van der Waals surface area contributed by atoms with Gasteiger partial charge in [0.1, 0.15) is 0 Å². The first-order valence-corrected chi connectivity index (χ1v) is 7.06. The third-order valence-corrected chi connectivity index (χ3v) is 1.46. The maximum absolute atomic E-state index is 11.1. The van der Waals surface area contributed by atoms with E-state index < -0.39 is 0 Å². The topological polar surface area (TPSA) is 18.5 Å². The third-order valence-electron chi connectivity index (χ3n) is 1.46. The summed E-state index contributed by atoms with van der Waals surface area (Å²) in [4.78, 5) is 0. The average molecular weight is 265 g/mol. The second-order valence-electron chi connectivity index (χ2n) is 5.11. The van der Waals surface area contributed by atoms with E-state index in [1.54, 1.807) is 0 Å². The molecule has 0 saturated heterocycles. The van der Waals surface area contributed by atoms with Crippen LogP contribution in [0.5, 0.6) is 0 Å². The summed E-state index contributed by atoms with van der Waals surface area (Å²) in [6.45, 7) is 18.5. The molecule has 0 unspecified atom stereocenters. The normalized spacial score (nSPS) is 10.0. The van der Waals surface area contributed by atoms with E-state index in [-0.39, 0.29) is 12.6 Å². The molecule has 18 heavy (non-hydrogen) atoms. The molecule has 0 radical (unpaired) electrons. The van der Waals surface area contributed by atoms with Crippen molar-refractivity contribution in [1.29, 1.82) is 0 Å². The molecule has 114 valence electrons. The maximum Gasteiger partial charge on any atom is 0.0917 e. The summed E-state index contributed by atoms with van der Waals surface area (Å²) in [7, 11) is 0. The molecule has 0 aliphatic carbocycles. The van der Waals surface area contributed by atoms with Crippen LogP contribution in [0.15, 0.2) is 0 Å². The summed E-state index contributed by atoms with van der Waals surface area (Å²) in [5.74, 6) is 0.898. The van der Waals surface area contributed by atoms with E-state index in [4.69, 9.17) is 9.47 Å². The Labute approximate surface area is 114 Å². The Morgan fingerprint density at radius 1 is 0.833 bits per heavy atom. The van der Waals surface area contributed by atoms with E-state index in [9.17, 15) is 4.39 Å². The third kappa shape index (κ3) is 44.6. The molecule has 0 N–H and O–H groups in total. The Hall–Kier alpha value is -0.150. The highest BCUT2D eigenvalue weighted by atomic mass is 18.2. The van der Waals surface area contributed by atoms with Crippen LogP contribution in [0.4, 0.5) is 4.39 Å². The molecule has 3 heteroatoms. The van der Waals surface area contributed by atoms with Crippen molar-refractivity contribution in [3.63, 3.8) is 0 Å². The van der Waals surface area contributed by atoms with Gasteiger partial charge in [0.2, 0.25) is 0 Å². The quantitative estimate of drug-likeness (QED) is 0.691. The zero-order valence-electron chi connectivity index (χ0n) is 13.8. The SMILES string of the molecule is CC(C)C[18F].CCOC(C)C.CCOCC(C)C. The van der Waals surface area contributed by atoms with Crippen molar-refractivity contribution in [3.05, 3.63) is 0 Å². The first-order valence-electron chi connectivity index (χ1n) is 7.06. The number of rotatable bonds is 6. The Morgan fingerprint density at radius 3 is 1.33 bits per heavy atom. The van der Waals surface area contributed by atoms with Crippen molar-refractivity contribution >= 4 is 0 Å². The molecule has 0 aliphatic rings. The molecule has 0 aromatic carbocycles. The van der Waals surface area contributed by atoms with Gasteiger partial charge in [-0.15, -0.1) is 0 Å². The lowest BCUT2D eigenvalue weighted by Gasteiger charge is -2.01. The Balaban J connectivity index is -0.000000190. The molecule has 0 heterocycles. The van der Waals surface area contributed by atoms with Gasteiger partial charge in [-0.05, 0) is 39.5 Å². The molecular weight excluding hydrogens is 230 g/mol. The van der Waals surface area contributed by atoms with Crippen LogP contribution in [-0.4, -0.2) is 32.6 Å². The number of hydrogen-bond donors (Lipinski definition) is 0. The van der Waals surface area contributed by atoms with E-state index >= 15 is 0 Å². The fourth-order valence-corrected chi connectivity index (χ4v) is 0.687. The first-order chi connectivity index (χ1) is 8.31. The summed E-state index contributed by atoms with van der Waals surface area (Å²) in [6.07, 6.45) is 0.398. The van der Waals surface area contributed by atoms with E-state index in [1.807, 2.05) is 41.5 Å². The average Bonchev–Trinajstić information content (AvgIpc) is 2.27. The summed E-state index contributed by atoms with van der Waals surface area (Å²) in [5.41, 5.74) is 0. The molecule has 0 spiro atoms. The van der Waals surface area contributed by atoms with E-state index in [2.05, 4.69) is 13.8 Å². The molecule has 0 atom stereocenters. The lowest BCUT2D eigenvalue weighted by atomic mass is 10.2. The van der Waals surface area contributed by atoms with Crippen molar-refractivity contribution in [2.75, 3.05) is 26.5 Å². The van der Waals surface area contributed by atoms with Crippen LogP contribution in [0.3, 0.4) is 0 Å². The van der Waals surface area contributed by atoms with Crippen LogP contribution in [0.2, 0.25) is 0 Å². The fraction of sp³-hybridized carbons (Fsp3) is 1.00. The van der Waals surface area contributed by atoms with Gasteiger partial charge in [0.25, 0.3) is 0 Å². The second-order valence-corrected chi connectivity index (χ2v) is 5.11. The summed E-state index contributed by atoms with van der Waals surface area (Å²) >= 11 is 0. The molecule has 0 aromatic rings. The minimum Gasteiger partial charge on any atom is -0.381 e. The van der Waals surface area contributed by atoms with Crippen LogP contribution in [-0.2, 0) is 9.47 Å². The summed E-state index contributed by atoms with van der Waals surface area (Å²) in [6, 6.07) is 0. The summed E-state index contributed by atoms with van der Waals surface area (Å²) < 4.78 is 21.3. The molecule has 0 aromatic heterocycles. The van der Waals surface area contributed by atoms with Crippen molar-refractivity contribution in [3.8, 4) is 0 Å². The zero-order valence-corrected chi connectivity index (χ0v) is 13.8. The van der Waals surface area contributed by atoms with Gasteiger partial charge < -0.3 is 9.47 Å². The van der Waals surface area contributed by atoms with Crippen molar-refractivity contribution in [2.45, 2.75) is 61.5 Å². The highest BCUT2D eigenvalue weighted by molar-refractivity contribution is 4.36. The number of halogens is 1. The van der Waals surface area contributed by atoms with Gasteiger partial charge in [-0.1, -0.05) is 27.7 Å². The van der Waals surface area contributed by atoms with Gasteiger partial charge >= 0.3 is 0 Å². The van der Waals surface area contributed by atoms with Gasteiger partial charge in [0.05, 0.1) is 12.8 Å². The number of ether oxygens (including phenoxy) is 2. The van der Waals surface area contributed by atoms with E-state index in [0.29, 0.717) is 12.0 Å². The minimum atomic E-state index is -0.194. The van der Waals surface area contributed by atoms with E-state index in [0.717, 1.165) is 19.8 Å². The van der Waals surface area contributed by atoms with Gasteiger partial charge in [-0.3, -0.25) is 4.39 Å². The van der Waals surface area contributed by atoms with Gasteiger partial charge in [-0.2, -0.15) is 0 Å². The van der Waals surface area contributed by atoms with Gasteiger partial charge in [0, 0.05) is 19.8 Å². The lowest BCUT2D eigenvalue weighted by molar-refractivity contribution is 0.0899. The number of hydrogen-bond acceptors (Lipinski definition) is 2. The largest absolute Gasteiger partial charge is 0.381 e. The molecule has 0 aliphatic heterocycles. The maximum atomic E-state index is 11.1. The molecule has 0 saturated carbocycles. The minimum absolute atomic E-state index is 0.194. The highest BCUT2D eigenvalue weighted by Crippen LogP contribution is 1.90. The number of alkyl halides is 1. The van der Waals surface area contributed by atoms with Crippen molar-refractivity contribution in [1.82, 2.24) is 0 Å². The summed E-state index contributed by atoms with van der Waals surface area (Å²) in [5, 5.41) is 0. The smallest absolute Gasteiger partial charge is 0.0917 e. The van der Waals surface area contributed by atoms with Crippen LogP contribution in [0, 0.1) is 11.8 Å². The van der Waals surface area contributed by atoms with Crippen LogP contribution in [0.1, 0.15) is 55.4 Å². The molecular formula is C15H35FO2. The first kappa shape index (κ1) is 23.0. The van der Waals surface area contributed by atoms with Crippen LogP contribution in [0.25, 0.3) is 0 Å². The van der Waals surface area contributed by atoms with E-state index in [1.165, 1.54) is 0 Å².